The highest BCUT2D eigenvalue weighted by Gasteiger charge is 2.23. The molecule has 0 aromatic heterocycles. The number of nitriles is 1. The lowest BCUT2D eigenvalue weighted by Crippen LogP contribution is -2.45. The van der Waals surface area contributed by atoms with E-state index in [1.807, 2.05) is 0 Å². The van der Waals surface area contributed by atoms with E-state index >= 15 is 0 Å². The second-order valence-electron chi connectivity index (χ2n) is 5.15. The molecule has 0 radical (unpaired) electrons. The minimum absolute atomic E-state index is 0.121. The van der Waals surface area contributed by atoms with Crippen molar-refractivity contribution in [1.82, 2.24) is 4.90 Å². The Hall–Kier alpha value is -0.590. The molecule has 1 fully saturated rings. The van der Waals surface area contributed by atoms with Gasteiger partial charge in [0.1, 0.15) is 0 Å². The predicted octanol–water partition coefficient (Wildman–Crippen LogP) is 1.65. The third kappa shape index (κ3) is 4.08. The van der Waals surface area contributed by atoms with Crippen molar-refractivity contribution in [2.24, 2.45) is 5.41 Å². The zero-order valence-electron chi connectivity index (χ0n) is 9.42. The smallest absolute Gasteiger partial charge is 0.0832 e. The Labute approximate surface area is 86.6 Å². The van der Waals surface area contributed by atoms with Crippen LogP contribution in [0, 0.1) is 16.7 Å². The number of hydrogen-bond acceptors (Lipinski definition) is 3. The largest absolute Gasteiger partial charge is 0.374 e. The maximum Gasteiger partial charge on any atom is 0.0832 e. The second kappa shape index (κ2) is 4.77. The molecule has 1 atom stereocenters. The van der Waals surface area contributed by atoms with Crippen molar-refractivity contribution in [2.75, 3.05) is 26.2 Å². The molecule has 0 N–H and O–H groups in total. The van der Waals surface area contributed by atoms with Gasteiger partial charge in [0.2, 0.25) is 0 Å². The SMILES string of the molecule is CC(C)(C)CN1CCOC(CC#N)C1. The summed E-state index contributed by atoms with van der Waals surface area (Å²) in [6, 6.07) is 2.17. The van der Waals surface area contributed by atoms with Crippen LogP contribution >= 0.6 is 0 Å². The van der Waals surface area contributed by atoms with E-state index in [2.05, 4.69) is 31.7 Å². The van der Waals surface area contributed by atoms with E-state index in [0.29, 0.717) is 11.8 Å². The minimum Gasteiger partial charge on any atom is -0.374 e. The first-order chi connectivity index (χ1) is 6.51. The molecule has 80 valence electrons. The van der Waals surface area contributed by atoms with Crippen LogP contribution in [0.25, 0.3) is 0 Å². The maximum atomic E-state index is 8.59. The van der Waals surface area contributed by atoms with Gasteiger partial charge >= 0.3 is 0 Å². The summed E-state index contributed by atoms with van der Waals surface area (Å²) in [5.41, 5.74) is 0.328. The fourth-order valence-corrected chi connectivity index (χ4v) is 1.82. The first-order valence-electron chi connectivity index (χ1n) is 5.22. The first kappa shape index (κ1) is 11.5. The van der Waals surface area contributed by atoms with Crippen LogP contribution in [0.15, 0.2) is 0 Å². The summed E-state index contributed by atoms with van der Waals surface area (Å²) in [5.74, 6) is 0. The van der Waals surface area contributed by atoms with E-state index in [0.717, 1.165) is 26.2 Å². The van der Waals surface area contributed by atoms with E-state index in [4.69, 9.17) is 10.00 Å². The van der Waals surface area contributed by atoms with Crippen LogP contribution in [0.1, 0.15) is 27.2 Å². The average molecular weight is 196 g/mol. The lowest BCUT2D eigenvalue weighted by molar-refractivity contribution is -0.0344. The van der Waals surface area contributed by atoms with Crippen LogP contribution < -0.4 is 0 Å². The summed E-state index contributed by atoms with van der Waals surface area (Å²) in [6.45, 7) is 10.5. The molecule has 0 aromatic rings. The fraction of sp³-hybridized carbons (Fsp3) is 0.909. The van der Waals surface area contributed by atoms with Gasteiger partial charge in [-0.3, -0.25) is 4.90 Å². The van der Waals surface area contributed by atoms with Gasteiger partial charge < -0.3 is 4.74 Å². The monoisotopic (exact) mass is 196 g/mol. The maximum absolute atomic E-state index is 8.59. The van der Waals surface area contributed by atoms with Gasteiger partial charge in [0.05, 0.1) is 25.2 Å². The molecule has 1 heterocycles. The summed E-state index contributed by atoms with van der Waals surface area (Å²) in [5, 5.41) is 8.59. The van der Waals surface area contributed by atoms with Crippen molar-refractivity contribution >= 4 is 0 Å². The van der Waals surface area contributed by atoms with E-state index in [-0.39, 0.29) is 6.10 Å². The quantitative estimate of drug-likeness (QED) is 0.673. The summed E-state index contributed by atoms with van der Waals surface area (Å²) >= 11 is 0. The van der Waals surface area contributed by atoms with Crippen LogP contribution in [0.4, 0.5) is 0 Å². The molecule has 0 amide bonds. The third-order valence-corrected chi connectivity index (χ3v) is 2.24. The van der Waals surface area contributed by atoms with Crippen molar-refractivity contribution < 1.29 is 4.74 Å². The highest BCUT2D eigenvalue weighted by molar-refractivity contribution is 4.82. The van der Waals surface area contributed by atoms with E-state index in [1.165, 1.54) is 0 Å². The second-order valence-corrected chi connectivity index (χ2v) is 5.15. The molecule has 3 heteroatoms. The van der Waals surface area contributed by atoms with Gasteiger partial charge in [0.25, 0.3) is 0 Å². The Balaban J connectivity index is 2.37. The molecule has 0 saturated carbocycles. The number of ether oxygens (including phenoxy) is 1. The normalized spacial score (nSPS) is 24.6. The van der Waals surface area contributed by atoms with Gasteiger partial charge in [-0.05, 0) is 5.41 Å². The van der Waals surface area contributed by atoms with Crippen molar-refractivity contribution in [3.8, 4) is 6.07 Å². The Morgan fingerprint density at radius 1 is 1.50 bits per heavy atom. The summed E-state index contributed by atoms with van der Waals surface area (Å²) < 4.78 is 5.50. The van der Waals surface area contributed by atoms with E-state index in [9.17, 15) is 0 Å². The lowest BCUT2D eigenvalue weighted by Gasteiger charge is -2.35. The molecule has 3 nitrogen and oxygen atoms in total. The molecule has 1 aliphatic heterocycles. The fourth-order valence-electron chi connectivity index (χ4n) is 1.82. The first-order valence-corrected chi connectivity index (χ1v) is 5.22. The van der Waals surface area contributed by atoms with Crippen molar-refractivity contribution in [1.29, 1.82) is 5.26 Å². The van der Waals surface area contributed by atoms with Gasteiger partial charge in [0, 0.05) is 19.6 Å². The molecule has 1 saturated heterocycles. The van der Waals surface area contributed by atoms with Gasteiger partial charge in [-0.15, -0.1) is 0 Å². The molecular weight excluding hydrogens is 176 g/mol. The van der Waals surface area contributed by atoms with Crippen LogP contribution in [0.5, 0.6) is 0 Å². The zero-order chi connectivity index (χ0) is 10.6. The number of nitrogens with zero attached hydrogens (tertiary/aromatic N) is 2. The van der Waals surface area contributed by atoms with Gasteiger partial charge in [0.15, 0.2) is 0 Å². The molecule has 1 rings (SSSR count). The van der Waals surface area contributed by atoms with Crippen molar-refractivity contribution in [3.05, 3.63) is 0 Å². The van der Waals surface area contributed by atoms with E-state index in [1.54, 1.807) is 0 Å². The summed E-state index contributed by atoms with van der Waals surface area (Å²) in [7, 11) is 0. The molecule has 1 unspecified atom stereocenters. The molecule has 14 heavy (non-hydrogen) atoms. The van der Waals surface area contributed by atoms with E-state index < -0.39 is 0 Å². The predicted molar refractivity (Wildman–Crippen MR) is 55.9 cm³/mol. The molecule has 0 aromatic carbocycles. The Morgan fingerprint density at radius 2 is 2.21 bits per heavy atom. The third-order valence-electron chi connectivity index (χ3n) is 2.24. The standard InChI is InChI=1S/C11H20N2O/c1-11(2,3)9-13-6-7-14-10(8-13)4-5-12/h10H,4,6-9H2,1-3H3. The minimum atomic E-state index is 0.121. The zero-order valence-corrected chi connectivity index (χ0v) is 9.42. The Morgan fingerprint density at radius 3 is 2.79 bits per heavy atom. The lowest BCUT2D eigenvalue weighted by atomic mass is 9.95. The average Bonchev–Trinajstić information content (AvgIpc) is 2.02. The molecule has 0 spiro atoms. The van der Waals surface area contributed by atoms with Crippen LogP contribution in [-0.4, -0.2) is 37.2 Å². The Bertz CT molecular complexity index is 214. The van der Waals surface area contributed by atoms with Crippen LogP contribution in [0.3, 0.4) is 0 Å². The van der Waals surface area contributed by atoms with Crippen LogP contribution in [0.2, 0.25) is 0 Å². The van der Waals surface area contributed by atoms with Crippen LogP contribution in [-0.2, 0) is 4.74 Å². The molecule has 1 aliphatic rings. The number of rotatable bonds is 2. The summed E-state index contributed by atoms with van der Waals surface area (Å²) in [4.78, 5) is 2.39. The number of hydrogen-bond donors (Lipinski definition) is 0. The highest BCUT2D eigenvalue weighted by Crippen LogP contribution is 2.17. The molecule has 0 bridgehead atoms. The summed E-state index contributed by atoms with van der Waals surface area (Å²) in [6.07, 6.45) is 0.636. The van der Waals surface area contributed by atoms with Crippen molar-refractivity contribution in [3.63, 3.8) is 0 Å². The highest BCUT2D eigenvalue weighted by atomic mass is 16.5. The van der Waals surface area contributed by atoms with Gasteiger partial charge in [-0.2, -0.15) is 5.26 Å². The Kier molecular flexibility index (Phi) is 3.91. The number of morpholine rings is 1. The van der Waals surface area contributed by atoms with Gasteiger partial charge in [-0.1, -0.05) is 20.8 Å². The van der Waals surface area contributed by atoms with Crippen molar-refractivity contribution in [2.45, 2.75) is 33.3 Å². The topological polar surface area (TPSA) is 36.3 Å². The molecular formula is C11H20N2O. The molecule has 0 aliphatic carbocycles. The van der Waals surface area contributed by atoms with Gasteiger partial charge in [-0.25, -0.2) is 0 Å².